The van der Waals surface area contributed by atoms with Crippen LogP contribution in [0.1, 0.15) is 39.5 Å². The van der Waals surface area contributed by atoms with Crippen molar-refractivity contribution in [3.8, 4) is 0 Å². The van der Waals surface area contributed by atoms with Crippen LogP contribution in [-0.2, 0) is 4.79 Å². The molecule has 4 N–H and O–H groups in total. The summed E-state index contributed by atoms with van der Waals surface area (Å²) >= 11 is 0. The molecule has 0 amide bonds. The van der Waals surface area contributed by atoms with Crippen molar-refractivity contribution >= 4 is 5.97 Å². The van der Waals surface area contributed by atoms with Gasteiger partial charge in [0.05, 0.1) is 6.42 Å². The molecule has 0 saturated heterocycles. The normalized spacial score (nSPS) is 15.2. The fourth-order valence-electron chi connectivity index (χ4n) is 1.35. The Labute approximate surface area is 97.9 Å². The summed E-state index contributed by atoms with van der Waals surface area (Å²) in [5.74, 6) is -0.860. The molecule has 0 aliphatic carbocycles. The molecular weight excluding hydrogens is 204 g/mol. The fraction of sp³-hybridized carbons (Fsp3) is 0.750. The second-order valence-corrected chi connectivity index (χ2v) is 4.10. The van der Waals surface area contributed by atoms with Crippen LogP contribution >= 0.6 is 0 Å². The minimum absolute atomic E-state index is 0.0148. The maximum Gasteiger partial charge on any atom is 0.305 e. The molecule has 0 bridgehead atoms. The zero-order chi connectivity index (χ0) is 12.4. The fourth-order valence-corrected chi connectivity index (χ4v) is 1.35. The van der Waals surface area contributed by atoms with Gasteiger partial charge < -0.3 is 16.2 Å². The molecule has 2 unspecified atom stereocenters. The number of carbonyl (C=O) groups is 1. The minimum atomic E-state index is -0.860. The van der Waals surface area contributed by atoms with Crippen molar-refractivity contribution in [2.75, 3.05) is 6.54 Å². The minimum Gasteiger partial charge on any atom is -0.481 e. The lowest BCUT2D eigenvalue weighted by atomic mass is 10.1. The molecule has 94 valence electrons. The van der Waals surface area contributed by atoms with Crippen molar-refractivity contribution in [1.82, 2.24) is 5.32 Å². The van der Waals surface area contributed by atoms with Crippen molar-refractivity contribution in [1.29, 1.82) is 0 Å². The third-order valence-electron chi connectivity index (χ3n) is 2.30. The maximum absolute atomic E-state index is 10.4. The predicted molar refractivity (Wildman–Crippen MR) is 66.4 cm³/mol. The molecule has 0 spiro atoms. The molecule has 0 aromatic rings. The van der Waals surface area contributed by atoms with Crippen molar-refractivity contribution in [3.05, 3.63) is 12.2 Å². The van der Waals surface area contributed by atoms with Crippen LogP contribution in [0.3, 0.4) is 0 Å². The number of rotatable bonds is 9. The van der Waals surface area contributed by atoms with Crippen LogP contribution in [0.15, 0.2) is 12.2 Å². The number of nitrogens with two attached hydrogens (primary N) is 1. The summed E-state index contributed by atoms with van der Waals surface area (Å²) in [4.78, 5) is 10.4. The first-order chi connectivity index (χ1) is 7.56. The van der Waals surface area contributed by atoms with Gasteiger partial charge in [0, 0.05) is 12.1 Å². The number of unbranched alkanes of at least 4 members (excludes halogenated alkanes) is 2. The van der Waals surface area contributed by atoms with E-state index in [1.54, 1.807) is 6.08 Å². The van der Waals surface area contributed by atoms with Gasteiger partial charge in [-0.2, -0.15) is 0 Å². The van der Waals surface area contributed by atoms with Crippen molar-refractivity contribution in [3.63, 3.8) is 0 Å². The molecule has 16 heavy (non-hydrogen) atoms. The first-order valence-electron chi connectivity index (χ1n) is 5.95. The number of hydrogen-bond donors (Lipinski definition) is 3. The third-order valence-corrected chi connectivity index (χ3v) is 2.30. The summed E-state index contributed by atoms with van der Waals surface area (Å²) < 4.78 is 0. The van der Waals surface area contributed by atoms with Crippen LogP contribution in [-0.4, -0.2) is 29.7 Å². The molecule has 0 fully saturated rings. The molecule has 2 atom stereocenters. The summed E-state index contributed by atoms with van der Waals surface area (Å²) in [6, 6.07) is -0.144. The van der Waals surface area contributed by atoms with Gasteiger partial charge in [-0.3, -0.25) is 4.79 Å². The molecular formula is C12H24N2O2. The van der Waals surface area contributed by atoms with Crippen LogP contribution < -0.4 is 11.1 Å². The number of carboxylic acid groups (broad SMARTS) is 1. The van der Waals surface area contributed by atoms with Gasteiger partial charge in [0.15, 0.2) is 0 Å². The lowest BCUT2D eigenvalue weighted by Gasteiger charge is -2.10. The number of hydrogen-bond acceptors (Lipinski definition) is 3. The molecule has 0 heterocycles. The van der Waals surface area contributed by atoms with Crippen LogP contribution in [0.25, 0.3) is 0 Å². The Morgan fingerprint density at radius 1 is 1.44 bits per heavy atom. The van der Waals surface area contributed by atoms with Gasteiger partial charge in [-0.05, 0) is 19.9 Å². The highest BCUT2D eigenvalue weighted by atomic mass is 16.4. The summed E-state index contributed by atoms with van der Waals surface area (Å²) in [5, 5.41) is 11.9. The van der Waals surface area contributed by atoms with Gasteiger partial charge >= 0.3 is 5.97 Å². The Balaban J connectivity index is 3.64. The van der Waals surface area contributed by atoms with Crippen molar-refractivity contribution in [2.45, 2.75) is 51.6 Å². The molecule has 0 aliphatic rings. The monoisotopic (exact) mass is 228 g/mol. The van der Waals surface area contributed by atoms with E-state index in [4.69, 9.17) is 10.8 Å². The van der Waals surface area contributed by atoms with E-state index < -0.39 is 12.0 Å². The quantitative estimate of drug-likeness (QED) is 0.413. The van der Waals surface area contributed by atoms with Gasteiger partial charge in [0.2, 0.25) is 0 Å². The van der Waals surface area contributed by atoms with Gasteiger partial charge in [-0.15, -0.1) is 0 Å². The van der Waals surface area contributed by atoms with E-state index in [0.717, 1.165) is 6.54 Å². The average molecular weight is 228 g/mol. The summed E-state index contributed by atoms with van der Waals surface area (Å²) in [5.41, 5.74) is 5.60. The predicted octanol–water partition coefficient (Wildman–Crippen LogP) is 1.51. The van der Waals surface area contributed by atoms with E-state index >= 15 is 0 Å². The van der Waals surface area contributed by atoms with E-state index in [2.05, 4.69) is 12.2 Å². The molecule has 0 aliphatic heterocycles. The highest BCUT2D eigenvalue weighted by molar-refractivity contribution is 5.67. The Morgan fingerprint density at radius 3 is 2.69 bits per heavy atom. The van der Waals surface area contributed by atoms with E-state index in [0.29, 0.717) is 0 Å². The standard InChI is InChI=1S/C12H24N2O2/c1-3-4-5-8-14-10(2)6-7-11(13)9-12(15)16/h6-7,10-11,14H,3-5,8-9,13H2,1-2H3,(H,15,16)/b7-6+. The summed E-state index contributed by atoms with van der Waals surface area (Å²) in [6.45, 7) is 5.21. The van der Waals surface area contributed by atoms with Crippen molar-refractivity contribution in [2.24, 2.45) is 5.73 Å². The largest absolute Gasteiger partial charge is 0.481 e. The Bertz CT molecular complexity index is 217. The van der Waals surface area contributed by atoms with Gasteiger partial charge in [0.25, 0.3) is 0 Å². The van der Waals surface area contributed by atoms with Gasteiger partial charge in [-0.25, -0.2) is 0 Å². The van der Waals surface area contributed by atoms with E-state index in [1.807, 2.05) is 13.0 Å². The maximum atomic E-state index is 10.4. The Kier molecular flexibility index (Phi) is 8.85. The van der Waals surface area contributed by atoms with Crippen LogP contribution in [0, 0.1) is 0 Å². The van der Waals surface area contributed by atoms with E-state index in [9.17, 15) is 4.79 Å². The van der Waals surface area contributed by atoms with Gasteiger partial charge in [0.1, 0.15) is 0 Å². The van der Waals surface area contributed by atoms with Crippen LogP contribution in [0.2, 0.25) is 0 Å². The topological polar surface area (TPSA) is 75.3 Å². The zero-order valence-corrected chi connectivity index (χ0v) is 10.3. The number of aliphatic carboxylic acids is 1. The Hall–Kier alpha value is -0.870. The first-order valence-corrected chi connectivity index (χ1v) is 5.95. The Morgan fingerprint density at radius 2 is 2.12 bits per heavy atom. The third kappa shape index (κ3) is 9.68. The SMILES string of the molecule is CCCCCNC(C)/C=C/C(N)CC(=O)O. The summed E-state index contributed by atoms with van der Waals surface area (Å²) in [6.07, 6.45) is 7.30. The number of nitrogens with one attached hydrogen (secondary N) is 1. The highest BCUT2D eigenvalue weighted by Crippen LogP contribution is 1.95. The van der Waals surface area contributed by atoms with Crippen molar-refractivity contribution < 1.29 is 9.90 Å². The first kappa shape index (κ1) is 15.1. The smallest absolute Gasteiger partial charge is 0.305 e. The molecule has 0 rings (SSSR count). The second-order valence-electron chi connectivity index (χ2n) is 4.10. The van der Waals surface area contributed by atoms with E-state index in [-0.39, 0.29) is 12.5 Å². The molecule has 0 aromatic carbocycles. The number of carboxylic acids is 1. The lowest BCUT2D eigenvalue weighted by Crippen LogP contribution is -2.27. The highest BCUT2D eigenvalue weighted by Gasteiger charge is 2.04. The molecule has 4 nitrogen and oxygen atoms in total. The molecule has 4 heteroatoms. The lowest BCUT2D eigenvalue weighted by molar-refractivity contribution is -0.137. The van der Waals surface area contributed by atoms with Crippen LogP contribution in [0.4, 0.5) is 0 Å². The average Bonchev–Trinajstić information content (AvgIpc) is 2.20. The molecule has 0 saturated carbocycles. The van der Waals surface area contributed by atoms with E-state index in [1.165, 1.54) is 19.3 Å². The molecule has 0 radical (unpaired) electrons. The molecule has 0 aromatic heterocycles. The zero-order valence-electron chi connectivity index (χ0n) is 10.3. The second kappa shape index (κ2) is 9.36. The van der Waals surface area contributed by atoms with Gasteiger partial charge in [-0.1, -0.05) is 31.9 Å². The van der Waals surface area contributed by atoms with Crippen LogP contribution in [0.5, 0.6) is 0 Å². The summed E-state index contributed by atoms with van der Waals surface area (Å²) in [7, 11) is 0.